The molecule has 2 aliphatic heterocycles. The van der Waals surface area contributed by atoms with Gasteiger partial charge in [0.05, 0.1) is 6.61 Å². The van der Waals surface area contributed by atoms with Crippen LogP contribution in [0.4, 0.5) is 8.78 Å². The van der Waals surface area contributed by atoms with Gasteiger partial charge in [-0.25, -0.2) is 8.78 Å². The highest BCUT2D eigenvalue weighted by molar-refractivity contribution is 5.40. The van der Waals surface area contributed by atoms with Crippen LogP contribution in [0.2, 0.25) is 0 Å². The molecule has 0 spiro atoms. The fraction of sp³-hybridized carbons (Fsp3) is 0.600. The van der Waals surface area contributed by atoms with Crippen molar-refractivity contribution in [2.75, 3.05) is 32.8 Å². The second-order valence-electron chi connectivity index (χ2n) is 5.39. The minimum atomic E-state index is -2.28. The molecule has 2 heterocycles. The zero-order chi connectivity index (χ0) is 13.9. The van der Waals surface area contributed by atoms with E-state index < -0.39 is 6.43 Å². The number of benzene rings is 1. The lowest BCUT2D eigenvalue weighted by Crippen LogP contribution is -2.45. The third-order valence-corrected chi connectivity index (χ3v) is 4.09. The molecule has 1 atom stereocenters. The Kier molecular flexibility index (Phi) is 4.17. The molecule has 110 valence electrons. The van der Waals surface area contributed by atoms with Crippen molar-refractivity contribution in [1.29, 1.82) is 0 Å². The number of alkyl halides is 2. The maximum atomic E-state index is 12.9. The molecule has 1 aromatic rings. The number of ether oxygens (including phenoxy) is 1. The van der Waals surface area contributed by atoms with Gasteiger partial charge < -0.3 is 10.1 Å². The third kappa shape index (κ3) is 2.94. The van der Waals surface area contributed by atoms with Gasteiger partial charge in [-0.05, 0) is 17.2 Å². The van der Waals surface area contributed by atoms with Crippen LogP contribution in [0.5, 0.6) is 5.75 Å². The number of halogens is 2. The normalized spacial score (nSPS) is 20.8. The van der Waals surface area contributed by atoms with E-state index in [1.807, 2.05) is 12.1 Å². The highest BCUT2D eigenvalue weighted by atomic mass is 19.3. The first-order valence-electron chi connectivity index (χ1n) is 7.22. The van der Waals surface area contributed by atoms with Gasteiger partial charge in [-0.3, -0.25) is 4.90 Å². The second kappa shape index (κ2) is 6.06. The van der Waals surface area contributed by atoms with E-state index in [9.17, 15) is 8.78 Å². The number of nitrogens with one attached hydrogen (secondary N) is 1. The fourth-order valence-electron chi connectivity index (χ4n) is 3.07. The first-order chi connectivity index (χ1) is 9.74. The number of nitrogens with zero attached hydrogens (tertiary/aromatic N) is 1. The molecule has 0 bridgehead atoms. The largest absolute Gasteiger partial charge is 0.493 e. The summed E-state index contributed by atoms with van der Waals surface area (Å²) in [7, 11) is 0. The van der Waals surface area contributed by atoms with Crippen LogP contribution >= 0.6 is 0 Å². The molecule has 1 N–H and O–H groups in total. The zero-order valence-electron chi connectivity index (χ0n) is 11.4. The van der Waals surface area contributed by atoms with Gasteiger partial charge in [-0.2, -0.15) is 0 Å². The van der Waals surface area contributed by atoms with E-state index in [4.69, 9.17) is 4.74 Å². The summed E-state index contributed by atoms with van der Waals surface area (Å²) in [4.78, 5) is 2.17. The Labute approximate surface area is 117 Å². The maximum absolute atomic E-state index is 12.9. The van der Waals surface area contributed by atoms with E-state index in [-0.39, 0.29) is 12.5 Å². The standard InChI is InChI=1S/C15H20F2N2O/c16-15(17)10-13(19-6-4-18-5-7-19)11-1-2-14-12(9-11)3-8-20-14/h1-2,9,13,15,18H,3-8,10H2/t13-/m1/s1. The van der Waals surface area contributed by atoms with Gasteiger partial charge in [0.2, 0.25) is 6.43 Å². The van der Waals surface area contributed by atoms with E-state index in [1.165, 1.54) is 0 Å². The van der Waals surface area contributed by atoms with Crippen LogP contribution in [0.1, 0.15) is 23.6 Å². The lowest BCUT2D eigenvalue weighted by molar-refractivity contribution is 0.0739. The number of piperazine rings is 1. The average molecular weight is 282 g/mol. The van der Waals surface area contributed by atoms with Gasteiger partial charge in [0.15, 0.2) is 0 Å². The summed E-state index contributed by atoms with van der Waals surface area (Å²) >= 11 is 0. The maximum Gasteiger partial charge on any atom is 0.240 e. The molecular formula is C15H20F2N2O. The average Bonchev–Trinajstić information content (AvgIpc) is 2.93. The molecule has 0 amide bonds. The van der Waals surface area contributed by atoms with Gasteiger partial charge in [-0.1, -0.05) is 12.1 Å². The van der Waals surface area contributed by atoms with Crippen LogP contribution in [-0.2, 0) is 6.42 Å². The van der Waals surface area contributed by atoms with E-state index in [0.29, 0.717) is 6.61 Å². The van der Waals surface area contributed by atoms with E-state index in [0.717, 1.165) is 49.5 Å². The van der Waals surface area contributed by atoms with Crippen molar-refractivity contribution < 1.29 is 13.5 Å². The zero-order valence-corrected chi connectivity index (χ0v) is 11.4. The lowest BCUT2D eigenvalue weighted by Gasteiger charge is -2.35. The van der Waals surface area contributed by atoms with Crippen molar-refractivity contribution in [3.05, 3.63) is 29.3 Å². The van der Waals surface area contributed by atoms with E-state index >= 15 is 0 Å². The fourth-order valence-corrected chi connectivity index (χ4v) is 3.07. The number of fused-ring (bicyclic) bond motifs is 1. The van der Waals surface area contributed by atoms with Crippen molar-refractivity contribution in [1.82, 2.24) is 10.2 Å². The van der Waals surface area contributed by atoms with Crippen LogP contribution in [0, 0.1) is 0 Å². The Morgan fingerprint density at radius 2 is 2.05 bits per heavy atom. The lowest BCUT2D eigenvalue weighted by atomic mass is 9.98. The van der Waals surface area contributed by atoms with Crippen molar-refractivity contribution >= 4 is 0 Å². The van der Waals surface area contributed by atoms with E-state index in [2.05, 4.69) is 16.3 Å². The molecule has 0 aromatic heterocycles. The van der Waals surface area contributed by atoms with Crippen molar-refractivity contribution in [2.24, 2.45) is 0 Å². The number of rotatable bonds is 4. The van der Waals surface area contributed by atoms with Crippen LogP contribution in [-0.4, -0.2) is 44.1 Å². The molecule has 1 aromatic carbocycles. The van der Waals surface area contributed by atoms with Crippen LogP contribution < -0.4 is 10.1 Å². The van der Waals surface area contributed by atoms with Crippen LogP contribution in [0.3, 0.4) is 0 Å². The summed E-state index contributed by atoms with van der Waals surface area (Å²) in [5.74, 6) is 0.907. The van der Waals surface area contributed by atoms with E-state index in [1.54, 1.807) is 0 Å². The molecule has 1 fully saturated rings. The summed E-state index contributed by atoms with van der Waals surface area (Å²) in [6.07, 6.45) is -1.49. The van der Waals surface area contributed by atoms with Gasteiger partial charge in [0.25, 0.3) is 0 Å². The minimum Gasteiger partial charge on any atom is -0.493 e. The Morgan fingerprint density at radius 1 is 1.25 bits per heavy atom. The van der Waals surface area contributed by atoms with Crippen molar-refractivity contribution in [3.63, 3.8) is 0 Å². The topological polar surface area (TPSA) is 24.5 Å². The van der Waals surface area contributed by atoms with Crippen molar-refractivity contribution in [2.45, 2.75) is 25.3 Å². The van der Waals surface area contributed by atoms with Gasteiger partial charge >= 0.3 is 0 Å². The summed E-state index contributed by atoms with van der Waals surface area (Å²) in [6.45, 7) is 4.09. The SMILES string of the molecule is FC(F)C[C@H](c1ccc2c(c1)CCO2)N1CCNCC1. The molecular weight excluding hydrogens is 262 g/mol. The Hall–Kier alpha value is -1.20. The monoisotopic (exact) mass is 282 g/mol. The summed E-state index contributed by atoms with van der Waals surface area (Å²) < 4.78 is 31.4. The Balaban J connectivity index is 1.83. The van der Waals surface area contributed by atoms with Gasteiger partial charge in [0, 0.05) is 45.1 Å². The Bertz CT molecular complexity index is 461. The predicted octanol–water partition coefficient (Wildman–Crippen LogP) is 2.22. The van der Waals surface area contributed by atoms with Gasteiger partial charge in [-0.15, -0.1) is 0 Å². The Morgan fingerprint density at radius 3 is 2.80 bits per heavy atom. The highest BCUT2D eigenvalue weighted by Crippen LogP contribution is 2.33. The molecule has 20 heavy (non-hydrogen) atoms. The third-order valence-electron chi connectivity index (χ3n) is 4.09. The number of hydrogen-bond donors (Lipinski definition) is 1. The summed E-state index contributed by atoms with van der Waals surface area (Å²) in [5.41, 5.74) is 2.15. The molecule has 3 rings (SSSR count). The molecule has 0 unspecified atom stereocenters. The van der Waals surface area contributed by atoms with Gasteiger partial charge in [0.1, 0.15) is 5.75 Å². The minimum absolute atomic E-state index is 0.0976. The molecule has 0 radical (unpaired) electrons. The molecule has 2 aliphatic rings. The summed E-state index contributed by atoms with van der Waals surface area (Å²) in [5, 5.41) is 3.27. The van der Waals surface area contributed by atoms with Crippen LogP contribution in [0.25, 0.3) is 0 Å². The molecule has 3 nitrogen and oxygen atoms in total. The molecule has 1 saturated heterocycles. The first kappa shape index (κ1) is 13.8. The first-order valence-corrected chi connectivity index (χ1v) is 7.22. The molecule has 5 heteroatoms. The van der Waals surface area contributed by atoms with Crippen LogP contribution in [0.15, 0.2) is 18.2 Å². The predicted molar refractivity (Wildman–Crippen MR) is 73.4 cm³/mol. The number of hydrogen-bond acceptors (Lipinski definition) is 3. The molecule has 0 aliphatic carbocycles. The van der Waals surface area contributed by atoms with Crippen molar-refractivity contribution in [3.8, 4) is 5.75 Å². The second-order valence-corrected chi connectivity index (χ2v) is 5.39. The summed E-state index contributed by atoms with van der Waals surface area (Å²) in [6, 6.07) is 5.73. The molecule has 0 saturated carbocycles. The highest BCUT2D eigenvalue weighted by Gasteiger charge is 2.26. The quantitative estimate of drug-likeness (QED) is 0.916. The smallest absolute Gasteiger partial charge is 0.240 e.